The number of hydrogen-bond donors (Lipinski definition) is 3. The van der Waals surface area contributed by atoms with Crippen LogP contribution in [0.3, 0.4) is 0 Å². The number of cyclic esters (lactones) is 1. The van der Waals surface area contributed by atoms with Gasteiger partial charge in [-0.25, -0.2) is 5.43 Å². The molecule has 10 heteroatoms. The molecule has 0 aliphatic carbocycles. The number of rotatable bonds is 1. The van der Waals surface area contributed by atoms with Crippen LogP contribution in [0.25, 0.3) is 16.8 Å². The lowest BCUT2D eigenvalue weighted by molar-refractivity contribution is -0.157. The van der Waals surface area contributed by atoms with Crippen molar-refractivity contribution < 1.29 is 23.9 Å². The number of esters is 1. The number of carbonyl (C=O) groups excluding carboxylic acids is 4. The number of hydrogen-bond acceptors (Lipinski definition) is 7. The Kier molecular flexibility index (Phi) is 8.41. The van der Waals surface area contributed by atoms with Gasteiger partial charge in [0.05, 0.1) is 5.69 Å². The third-order valence-electron chi connectivity index (χ3n) is 6.85. The number of aromatic nitrogens is 1. The van der Waals surface area contributed by atoms with E-state index < -0.39 is 36.1 Å². The summed E-state index contributed by atoms with van der Waals surface area (Å²) in [7, 11) is 0. The predicted molar refractivity (Wildman–Crippen MR) is 142 cm³/mol. The first-order valence-corrected chi connectivity index (χ1v) is 13.1. The second kappa shape index (κ2) is 11.7. The van der Waals surface area contributed by atoms with E-state index in [1.54, 1.807) is 25.3 Å². The second-order valence-electron chi connectivity index (χ2n) is 10.2. The van der Waals surface area contributed by atoms with Gasteiger partial charge in [0.2, 0.25) is 11.8 Å². The fraction of sp³-hybridized carbons (Fsp3) is 0.464. The molecular weight excluding hydrogens is 486 g/mol. The van der Waals surface area contributed by atoms with Crippen LogP contribution >= 0.6 is 0 Å². The van der Waals surface area contributed by atoms with Crippen LogP contribution in [-0.4, -0.2) is 58.4 Å². The van der Waals surface area contributed by atoms with E-state index in [2.05, 4.69) is 21.0 Å². The summed E-state index contributed by atoms with van der Waals surface area (Å²) in [5.74, 6) is -1.77. The molecule has 1 saturated heterocycles. The lowest BCUT2D eigenvalue weighted by Gasteiger charge is -2.35. The second-order valence-corrected chi connectivity index (χ2v) is 10.2. The summed E-state index contributed by atoms with van der Waals surface area (Å²) in [6.07, 6.45) is 5.90. The maximum absolute atomic E-state index is 13.1. The van der Waals surface area contributed by atoms with Crippen LogP contribution < -0.4 is 16.1 Å². The van der Waals surface area contributed by atoms with E-state index in [1.807, 2.05) is 45.0 Å². The van der Waals surface area contributed by atoms with Gasteiger partial charge in [0, 0.05) is 24.5 Å². The Labute approximate surface area is 222 Å². The Morgan fingerprint density at radius 2 is 1.84 bits per heavy atom. The highest BCUT2D eigenvalue weighted by molar-refractivity contribution is 5.92. The highest BCUT2D eigenvalue weighted by atomic mass is 16.5. The average molecular weight is 522 g/mol. The third kappa shape index (κ3) is 6.36. The average Bonchev–Trinajstić information content (AvgIpc) is 2.90. The molecule has 3 N–H and O–H groups in total. The summed E-state index contributed by atoms with van der Waals surface area (Å²) in [4.78, 5) is 56.1. The van der Waals surface area contributed by atoms with Crippen LogP contribution in [-0.2, 0) is 23.9 Å². The van der Waals surface area contributed by atoms with Crippen LogP contribution in [0.1, 0.15) is 64.3 Å². The number of nitrogens with zero attached hydrogens (tertiary/aromatic N) is 2. The minimum atomic E-state index is -0.861. The molecule has 38 heavy (non-hydrogen) atoms. The van der Waals surface area contributed by atoms with E-state index in [-0.39, 0.29) is 24.2 Å². The van der Waals surface area contributed by atoms with Crippen molar-refractivity contribution in [3.63, 3.8) is 0 Å². The zero-order valence-corrected chi connectivity index (χ0v) is 22.2. The Morgan fingerprint density at radius 1 is 1.05 bits per heavy atom. The SMILES string of the molecule is CC1NC(=O)C(C(C)C)NC(=O)C/C=C/c2cc3cc(ccc3cn2)[C@@H](C)OC(=O)[C@@H]2CCCN(N2)C1=O. The number of hydrazine groups is 1. The molecule has 4 atom stereocenters. The minimum absolute atomic E-state index is 0.0663. The van der Waals surface area contributed by atoms with Gasteiger partial charge in [-0.15, -0.1) is 0 Å². The fourth-order valence-electron chi connectivity index (χ4n) is 4.61. The van der Waals surface area contributed by atoms with E-state index >= 15 is 0 Å². The Balaban J connectivity index is 1.64. The highest BCUT2D eigenvalue weighted by Gasteiger charge is 2.33. The molecule has 10 nitrogen and oxygen atoms in total. The molecule has 202 valence electrons. The van der Waals surface area contributed by atoms with Crippen molar-refractivity contribution in [2.24, 2.45) is 5.92 Å². The number of amides is 3. The van der Waals surface area contributed by atoms with Gasteiger partial charge < -0.3 is 15.4 Å². The predicted octanol–water partition coefficient (Wildman–Crippen LogP) is 2.40. The van der Waals surface area contributed by atoms with Gasteiger partial charge >= 0.3 is 5.97 Å². The van der Waals surface area contributed by atoms with Crippen molar-refractivity contribution in [3.05, 3.63) is 47.8 Å². The molecule has 0 spiro atoms. The van der Waals surface area contributed by atoms with E-state index in [1.165, 1.54) is 5.01 Å². The molecule has 3 heterocycles. The minimum Gasteiger partial charge on any atom is -0.457 e. The highest BCUT2D eigenvalue weighted by Crippen LogP contribution is 2.24. The molecule has 1 fully saturated rings. The molecular formula is C28H35N5O5. The van der Waals surface area contributed by atoms with Gasteiger partial charge in [0.1, 0.15) is 24.2 Å². The summed E-state index contributed by atoms with van der Waals surface area (Å²) in [6, 6.07) is 5.33. The Morgan fingerprint density at radius 3 is 2.61 bits per heavy atom. The molecule has 4 rings (SSSR count). The fourth-order valence-corrected chi connectivity index (χ4v) is 4.61. The molecule has 5 bridgehead atoms. The number of benzene rings is 1. The zero-order chi connectivity index (χ0) is 27.4. The lowest BCUT2D eigenvalue weighted by atomic mass is 10.0. The molecule has 2 aliphatic rings. The van der Waals surface area contributed by atoms with Crippen LogP contribution in [0.15, 0.2) is 36.5 Å². The van der Waals surface area contributed by atoms with E-state index in [9.17, 15) is 19.2 Å². The molecule has 0 radical (unpaired) electrons. The summed E-state index contributed by atoms with van der Waals surface area (Å²) >= 11 is 0. The largest absolute Gasteiger partial charge is 0.457 e. The number of carbonyl (C=O) groups is 4. The number of nitrogens with one attached hydrogen (secondary N) is 3. The van der Waals surface area contributed by atoms with Crippen LogP contribution in [0.4, 0.5) is 0 Å². The maximum atomic E-state index is 13.1. The number of ether oxygens (including phenoxy) is 1. The van der Waals surface area contributed by atoms with Crippen molar-refractivity contribution in [2.45, 2.75) is 71.2 Å². The van der Waals surface area contributed by atoms with Gasteiger partial charge in [-0.1, -0.05) is 32.1 Å². The smallest absolute Gasteiger partial charge is 0.325 e. The van der Waals surface area contributed by atoms with E-state index in [0.717, 1.165) is 16.3 Å². The first kappa shape index (κ1) is 27.3. The molecule has 2 aliphatic heterocycles. The third-order valence-corrected chi connectivity index (χ3v) is 6.85. The standard InChI is InChI=1S/C28H35N5O5/c1-16(2)25-26(35)30-17(3)27(36)33-12-6-8-23(32-33)28(37)38-18(4)19-10-11-20-15-29-22(14-21(20)13-19)7-5-9-24(34)31-25/h5,7,10-11,13-18,23,25,32H,6,8-9,12H2,1-4H3,(H,30,35)(H,31,34)/b7-5+/t17?,18-,23+,25?/m1/s1. The van der Waals surface area contributed by atoms with Crippen molar-refractivity contribution in [3.8, 4) is 0 Å². The zero-order valence-electron chi connectivity index (χ0n) is 22.2. The molecule has 1 aromatic heterocycles. The summed E-state index contributed by atoms with van der Waals surface area (Å²) in [6.45, 7) is 7.44. The molecule has 3 amide bonds. The van der Waals surface area contributed by atoms with Gasteiger partial charge in [-0.05, 0) is 61.8 Å². The summed E-state index contributed by atoms with van der Waals surface area (Å²) in [5, 5.41) is 8.71. The van der Waals surface area contributed by atoms with Crippen molar-refractivity contribution >= 4 is 40.5 Å². The van der Waals surface area contributed by atoms with Crippen LogP contribution in [0.2, 0.25) is 0 Å². The Bertz CT molecular complexity index is 1260. The van der Waals surface area contributed by atoms with Gasteiger partial charge in [0.15, 0.2) is 0 Å². The first-order chi connectivity index (χ1) is 18.1. The maximum Gasteiger partial charge on any atom is 0.325 e. The number of pyridine rings is 1. The van der Waals surface area contributed by atoms with Crippen molar-refractivity contribution in [1.82, 2.24) is 26.1 Å². The molecule has 2 unspecified atom stereocenters. The van der Waals surface area contributed by atoms with Gasteiger partial charge in [-0.3, -0.25) is 29.2 Å². The first-order valence-electron chi connectivity index (χ1n) is 13.1. The quantitative estimate of drug-likeness (QED) is 0.492. The van der Waals surface area contributed by atoms with E-state index in [4.69, 9.17) is 4.74 Å². The summed E-state index contributed by atoms with van der Waals surface area (Å²) < 4.78 is 5.77. The monoisotopic (exact) mass is 521 g/mol. The topological polar surface area (TPSA) is 130 Å². The van der Waals surface area contributed by atoms with Crippen molar-refractivity contribution in [1.29, 1.82) is 0 Å². The van der Waals surface area contributed by atoms with Crippen LogP contribution in [0, 0.1) is 5.92 Å². The molecule has 0 saturated carbocycles. The number of fused-ring (bicyclic) bond motifs is 4. The lowest BCUT2D eigenvalue weighted by Crippen LogP contribution is -2.61. The van der Waals surface area contributed by atoms with E-state index in [0.29, 0.717) is 25.1 Å². The van der Waals surface area contributed by atoms with Gasteiger partial charge in [0.25, 0.3) is 5.91 Å². The Hall–Kier alpha value is -3.79. The van der Waals surface area contributed by atoms with Crippen LogP contribution in [0.5, 0.6) is 0 Å². The molecule has 2 aromatic rings. The normalized spacial score (nSPS) is 26.6. The summed E-state index contributed by atoms with van der Waals surface area (Å²) in [5.41, 5.74) is 4.48. The molecule has 1 aromatic carbocycles. The van der Waals surface area contributed by atoms with Gasteiger partial charge in [-0.2, -0.15) is 0 Å². The van der Waals surface area contributed by atoms with Crippen molar-refractivity contribution in [2.75, 3.05) is 6.54 Å².